The number of anilines is 1. The summed E-state index contributed by atoms with van der Waals surface area (Å²) in [7, 11) is -1.49. The number of ketones is 1. The fourth-order valence-electron chi connectivity index (χ4n) is 2.90. The van der Waals surface area contributed by atoms with Gasteiger partial charge in [-0.3, -0.25) is 9.10 Å². The van der Waals surface area contributed by atoms with Gasteiger partial charge in [0.25, 0.3) is 0 Å². The Morgan fingerprint density at radius 2 is 2.17 bits per heavy atom. The highest BCUT2D eigenvalue weighted by atomic mass is 32.2. The van der Waals surface area contributed by atoms with Crippen molar-refractivity contribution in [2.75, 3.05) is 16.3 Å². The van der Waals surface area contributed by atoms with Crippen molar-refractivity contribution in [1.82, 2.24) is 14.8 Å². The lowest BCUT2D eigenvalue weighted by atomic mass is 10.0. The summed E-state index contributed by atoms with van der Waals surface area (Å²) in [5, 5.41) is 8.40. The minimum atomic E-state index is -3.32. The van der Waals surface area contributed by atoms with Crippen LogP contribution in [0.4, 0.5) is 5.69 Å². The summed E-state index contributed by atoms with van der Waals surface area (Å²) in [6, 6.07) is 5.08. The van der Waals surface area contributed by atoms with Gasteiger partial charge in [0.05, 0.1) is 17.7 Å². The predicted molar refractivity (Wildman–Crippen MR) is 93.0 cm³/mol. The first kappa shape index (κ1) is 17.0. The van der Waals surface area contributed by atoms with Gasteiger partial charge in [-0.25, -0.2) is 8.42 Å². The van der Waals surface area contributed by atoms with Crippen molar-refractivity contribution in [2.24, 2.45) is 7.05 Å². The number of hydrogen-bond donors (Lipinski definition) is 0. The van der Waals surface area contributed by atoms with Gasteiger partial charge in [0.15, 0.2) is 10.9 Å². The summed E-state index contributed by atoms with van der Waals surface area (Å²) >= 11 is 1.33. The number of aromatic nitrogens is 3. The summed E-state index contributed by atoms with van der Waals surface area (Å²) in [5.41, 5.74) is 2.15. The van der Waals surface area contributed by atoms with E-state index in [1.54, 1.807) is 29.1 Å². The van der Waals surface area contributed by atoms with Crippen molar-refractivity contribution >= 4 is 33.3 Å². The molecule has 0 N–H and O–H groups in total. The van der Waals surface area contributed by atoms with Gasteiger partial charge in [-0.05, 0) is 37.1 Å². The van der Waals surface area contributed by atoms with Gasteiger partial charge in [0.1, 0.15) is 6.33 Å². The number of rotatable bonds is 5. The molecule has 9 heteroatoms. The van der Waals surface area contributed by atoms with E-state index >= 15 is 0 Å². The number of fused-ring (bicyclic) bond motifs is 1. The number of nitrogens with zero attached hydrogens (tertiary/aromatic N) is 4. The highest BCUT2D eigenvalue weighted by Gasteiger charge is 2.32. The molecule has 1 aromatic heterocycles. The van der Waals surface area contributed by atoms with Crippen LogP contribution in [0.2, 0.25) is 0 Å². The number of carbonyl (C=O) groups is 1. The first-order valence-corrected chi connectivity index (χ1v) is 10.2. The third kappa shape index (κ3) is 3.18. The molecule has 0 saturated carbocycles. The minimum Gasteiger partial charge on any atom is -0.312 e. The average Bonchev–Trinajstić information content (AvgIpc) is 3.05. The number of hydrogen-bond acceptors (Lipinski definition) is 6. The Morgan fingerprint density at radius 1 is 1.42 bits per heavy atom. The Morgan fingerprint density at radius 3 is 2.79 bits per heavy atom. The fourth-order valence-corrected chi connectivity index (χ4v) is 4.94. The van der Waals surface area contributed by atoms with Gasteiger partial charge in [-0.2, -0.15) is 0 Å². The van der Waals surface area contributed by atoms with Gasteiger partial charge in [0.2, 0.25) is 10.0 Å². The van der Waals surface area contributed by atoms with Crippen molar-refractivity contribution in [3.8, 4) is 0 Å². The largest absolute Gasteiger partial charge is 0.312 e. The van der Waals surface area contributed by atoms with Crippen LogP contribution >= 0.6 is 11.8 Å². The molecule has 0 spiro atoms. The Labute approximate surface area is 145 Å². The van der Waals surface area contributed by atoms with Crippen molar-refractivity contribution in [2.45, 2.75) is 24.5 Å². The van der Waals surface area contributed by atoms with Crippen LogP contribution in [-0.2, 0) is 23.5 Å². The molecule has 7 nitrogen and oxygen atoms in total. The number of sulfonamides is 1. The highest BCUT2D eigenvalue weighted by Crippen LogP contribution is 2.35. The topological polar surface area (TPSA) is 85.2 Å². The van der Waals surface area contributed by atoms with E-state index in [2.05, 4.69) is 10.2 Å². The van der Waals surface area contributed by atoms with E-state index in [0.29, 0.717) is 22.8 Å². The van der Waals surface area contributed by atoms with E-state index in [9.17, 15) is 13.2 Å². The van der Waals surface area contributed by atoms with E-state index in [1.165, 1.54) is 22.3 Å². The molecule has 0 bridgehead atoms. The Balaban J connectivity index is 1.79. The zero-order valence-corrected chi connectivity index (χ0v) is 15.3. The fraction of sp³-hybridized carbons (Fsp3) is 0.400. The second-order valence-corrected chi connectivity index (χ2v) is 8.69. The molecular weight excluding hydrogens is 348 g/mol. The molecule has 24 heavy (non-hydrogen) atoms. The second kappa shape index (κ2) is 6.21. The first-order chi connectivity index (χ1) is 11.3. The van der Waals surface area contributed by atoms with Gasteiger partial charge in [-0.15, -0.1) is 10.2 Å². The lowest BCUT2D eigenvalue weighted by Crippen LogP contribution is -2.34. The second-order valence-electron chi connectivity index (χ2n) is 5.89. The third-order valence-electron chi connectivity index (χ3n) is 3.91. The number of benzene rings is 1. The molecule has 1 aliphatic heterocycles. The zero-order valence-electron chi connectivity index (χ0n) is 13.6. The molecule has 2 heterocycles. The molecule has 0 aliphatic carbocycles. The minimum absolute atomic E-state index is 0.0174. The van der Waals surface area contributed by atoms with Crippen molar-refractivity contribution < 1.29 is 13.2 Å². The summed E-state index contributed by atoms with van der Waals surface area (Å²) in [4.78, 5) is 12.4. The Bertz CT molecular complexity index is 892. The monoisotopic (exact) mass is 366 g/mol. The lowest BCUT2D eigenvalue weighted by molar-refractivity contribution is 0.102. The summed E-state index contributed by atoms with van der Waals surface area (Å²) in [6.45, 7) is 1.87. The summed E-state index contributed by atoms with van der Waals surface area (Å²) in [6.07, 6.45) is 3.40. The zero-order chi connectivity index (χ0) is 17.5. The number of thioether (sulfide) groups is 1. The molecule has 0 amide bonds. The average molecular weight is 366 g/mol. The molecule has 1 atom stereocenters. The molecular formula is C15H18N4O3S2. The number of Topliss-reactive ketones (excluding diaryl/α,β-unsaturated/α-hetero) is 1. The first-order valence-electron chi connectivity index (χ1n) is 7.39. The SMILES string of the molecule is CC1Cc2cc(C(=O)CSc3nncn3C)ccc2N1S(C)(=O)=O. The molecule has 0 saturated heterocycles. The van der Waals surface area contributed by atoms with Crippen LogP contribution in [0, 0.1) is 0 Å². The van der Waals surface area contributed by atoms with E-state index in [1.807, 2.05) is 14.0 Å². The third-order valence-corrected chi connectivity index (χ3v) is 6.22. The van der Waals surface area contributed by atoms with Gasteiger partial charge in [-0.1, -0.05) is 11.8 Å². The van der Waals surface area contributed by atoms with Crippen LogP contribution in [0.5, 0.6) is 0 Å². The number of aryl methyl sites for hydroxylation is 1. The maximum Gasteiger partial charge on any atom is 0.232 e. The van der Waals surface area contributed by atoms with Crippen molar-refractivity contribution in [1.29, 1.82) is 0 Å². The molecule has 1 unspecified atom stereocenters. The maximum atomic E-state index is 12.4. The predicted octanol–water partition coefficient (Wildman–Crippen LogP) is 1.50. The van der Waals surface area contributed by atoms with Crippen LogP contribution in [-0.4, -0.2) is 47.0 Å². The molecule has 2 aromatic rings. The molecule has 128 valence electrons. The van der Waals surface area contributed by atoms with Crippen LogP contribution in [0.25, 0.3) is 0 Å². The summed E-state index contributed by atoms with van der Waals surface area (Å²) in [5.74, 6) is 0.243. The quantitative estimate of drug-likeness (QED) is 0.589. The van der Waals surface area contributed by atoms with Gasteiger partial charge < -0.3 is 4.57 Å². The van der Waals surface area contributed by atoms with Crippen LogP contribution in [0.3, 0.4) is 0 Å². The van der Waals surface area contributed by atoms with Gasteiger partial charge in [0, 0.05) is 18.7 Å². The van der Waals surface area contributed by atoms with E-state index in [0.717, 1.165) is 5.56 Å². The standard InChI is InChI=1S/C15H18N4O3S2/c1-10-6-12-7-11(4-5-13(12)19(10)24(3,21)22)14(20)8-23-15-17-16-9-18(15)2/h4-5,7,9-10H,6,8H2,1-3H3. The van der Waals surface area contributed by atoms with E-state index in [-0.39, 0.29) is 17.6 Å². The molecule has 0 fully saturated rings. The molecule has 0 radical (unpaired) electrons. The van der Waals surface area contributed by atoms with Gasteiger partial charge >= 0.3 is 0 Å². The van der Waals surface area contributed by atoms with E-state index in [4.69, 9.17) is 0 Å². The normalized spacial score (nSPS) is 17.1. The lowest BCUT2D eigenvalue weighted by Gasteiger charge is -2.21. The maximum absolute atomic E-state index is 12.4. The molecule has 1 aliphatic rings. The van der Waals surface area contributed by atoms with Crippen molar-refractivity contribution in [3.05, 3.63) is 35.7 Å². The molecule has 3 rings (SSSR count). The van der Waals surface area contributed by atoms with E-state index < -0.39 is 10.0 Å². The van der Waals surface area contributed by atoms with Crippen LogP contribution in [0.1, 0.15) is 22.8 Å². The highest BCUT2D eigenvalue weighted by molar-refractivity contribution is 7.99. The van der Waals surface area contributed by atoms with Crippen molar-refractivity contribution in [3.63, 3.8) is 0 Å². The Hall–Kier alpha value is -1.87. The van der Waals surface area contributed by atoms with Crippen LogP contribution in [0.15, 0.2) is 29.7 Å². The molecule has 1 aromatic carbocycles. The van der Waals surface area contributed by atoms with Crippen LogP contribution < -0.4 is 4.31 Å². The Kier molecular flexibility index (Phi) is 4.39. The number of carbonyl (C=O) groups excluding carboxylic acids is 1. The smallest absolute Gasteiger partial charge is 0.232 e. The summed E-state index contributed by atoms with van der Waals surface area (Å²) < 4.78 is 27.0.